The van der Waals surface area contributed by atoms with Crippen molar-refractivity contribution in [1.82, 2.24) is 10.1 Å². The molecule has 0 spiro atoms. The second-order valence-electron chi connectivity index (χ2n) is 1.21. The second-order valence-corrected chi connectivity index (χ2v) is 1.21. The van der Waals surface area contributed by atoms with Gasteiger partial charge in [-0.25, -0.2) is 0 Å². The molecule has 3 N–H and O–H groups in total. The molecule has 5 nitrogen and oxygen atoms in total. The van der Waals surface area contributed by atoms with Crippen LogP contribution in [0.25, 0.3) is 0 Å². The van der Waals surface area contributed by atoms with Crippen molar-refractivity contribution >= 4 is 12.0 Å². The van der Waals surface area contributed by atoms with E-state index in [1.54, 1.807) is 7.05 Å². The Morgan fingerprint density at radius 1 is 1.75 bits per heavy atom. The van der Waals surface area contributed by atoms with E-state index >= 15 is 0 Å². The van der Waals surface area contributed by atoms with Crippen LogP contribution in [-0.2, 0) is 0 Å². The van der Waals surface area contributed by atoms with E-state index in [1.807, 2.05) is 0 Å². The van der Waals surface area contributed by atoms with Gasteiger partial charge in [-0.1, -0.05) is 0 Å². The first-order valence-corrected chi connectivity index (χ1v) is 2.10. The summed E-state index contributed by atoms with van der Waals surface area (Å²) in [4.78, 5) is 3.62. The van der Waals surface area contributed by atoms with Gasteiger partial charge in [-0.15, -0.1) is 0 Å². The Hall–Kier alpha value is -1.26. The largest absolute Gasteiger partial charge is 0.365 e. The van der Waals surface area contributed by atoms with Gasteiger partial charge in [0.25, 0.3) is 5.95 Å². The summed E-state index contributed by atoms with van der Waals surface area (Å²) in [6.45, 7) is 0. The van der Waals surface area contributed by atoms with Crippen LogP contribution in [0, 0.1) is 0 Å². The molecule has 0 aromatic carbocycles. The summed E-state index contributed by atoms with van der Waals surface area (Å²) in [6.07, 6.45) is 0. The van der Waals surface area contributed by atoms with Gasteiger partial charge in [0.15, 0.2) is 0 Å². The van der Waals surface area contributed by atoms with Crippen molar-refractivity contribution in [2.24, 2.45) is 0 Å². The zero-order valence-corrected chi connectivity index (χ0v) is 4.38. The van der Waals surface area contributed by atoms with Crippen molar-refractivity contribution < 1.29 is 4.52 Å². The Labute approximate surface area is 45.9 Å². The third-order valence-electron chi connectivity index (χ3n) is 0.656. The number of nitrogens with one attached hydrogen (secondary N) is 1. The molecule has 1 aromatic heterocycles. The van der Waals surface area contributed by atoms with E-state index in [0.29, 0.717) is 6.01 Å². The van der Waals surface area contributed by atoms with Crippen molar-refractivity contribution in [3.63, 3.8) is 0 Å². The normalized spacial score (nSPS) is 9.12. The van der Waals surface area contributed by atoms with Gasteiger partial charge >= 0.3 is 6.01 Å². The Balaban J connectivity index is 2.84. The van der Waals surface area contributed by atoms with E-state index in [2.05, 4.69) is 20.0 Å². The minimum atomic E-state index is 0.148. The van der Waals surface area contributed by atoms with Crippen LogP contribution in [0.3, 0.4) is 0 Å². The summed E-state index contributed by atoms with van der Waals surface area (Å²) in [5, 5.41) is 5.94. The quantitative estimate of drug-likeness (QED) is 0.523. The van der Waals surface area contributed by atoms with Gasteiger partial charge in [-0.05, 0) is 5.16 Å². The molecule has 0 saturated carbocycles. The zero-order chi connectivity index (χ0) is 5.98. The predicted octanol–water partition coefficient (Wildman–Crippen LogP) is -0.307. The molecule has 0 aliphatic rings. The third-order valence-corrected chi connectivity index (χ3v) is 0.656. The fraction of sp³-hybridized carbons (Fsp3) is 0.333. The van der Waals surface area contributed by atoms with Gasteiger partial charge in [0.1, 0.15) is 0 Å². The number of rotatable bonds is 1. The molecule has 0 radical (unpaired) electrons. The topological polar surface area (TPSA) is 77.0 Å². The van der Waals surface area contributed by atoms with Gasteiger partial charge < -0.3 is 15.6 Å². The molecule has 1 rings (SSSR count). The maximum absolute atomic E-state index is 5.10. The first-order valence-electron chi connectivity index (χ1n) is 2.10. The van der Waals surface area contributed by atoms with Crippen LogP contribution in [0.2, 0.25) is 0 Å². The summed E-state index contributed by atoms with van der Waals surface area (Å²) >= 11 is 0. The van der Waals surface area contributed by atoms with Gasteiger partial charge in [-0.3, -0.25) is 0 Å². The molecule has 0 aliphatic heterocycles. The molecule has 0 saturated heterocycles. The lowest BCUT2D eigenvalue weighted by atomic mass is 11.0. The number of aromatic nitrogens is 2. The average molecular weight is 114 g/mol. The number of anilines is 2. The maximum atomic E-state index is 5.10. The van der Waals surface area contributed by atoms with Crippen molar-refractivity contribution in [2.45, 2.75) is 0 Å². The molecule has 5 heteroatoms. The van der Waals surface area contributed by atoms with E-state index in [9.17, 15) is 0 Å². The van der Waals surface area contributed by atoms with E-state index in [4.69, 9.17) is 5.73 Å². The second kappa shape index (κ2) is 1.69. The summed E-state index contributed by atoms with van der Waals surface area (Å²) in [5.74, 6) is 0.148. The summed E-state index contributed by atoms with van der Waals surface area (Å²) < 4.78 is 4.52. The molecular formula is C3H6N4O. The van der Waals surface area contributed by atoms with Crippen LogP contribution in [0.15, 0.2) is 4.52 Å². The number of hydrogen-bond acceptors (Lipinski definition) is 5. The van der Waals surface area contributed by atoms with Crippen LogP contribution in [0.4, 0.5) is 12.0 Å². The molecule has 0 amide bonds. The standard InChI is InChI=1S/C3H6N4O/c1-5-3-6-2(4)7-8-3/h1H3,(H3,4,5,6,7). The highest BCUT2D eigenvalue weighted by molar-refractivity contribution is 5.24. The monoisotopic (exact) mass is 114 g/mol. The maximum Gasteiger partial charge on any atom is 0.322 e. The van der Waals surface area contributed by atoms with Gasteiger partial charge in [-0.2, -0.15) is 4.98 Å². The molecule has 0 fully saturated rings. The fourth-order valence-electron chi connectivity index (χ4n) is 0.336. The van der Waals surface area contributed by atoms with E-state index < -0.39 is 0 Å². The highest BCUT2D eigenvalue weighted by Crippen LogP contribution is 2.00. The van der Waals surface area contributed by atoms with Crippen molar-refractivity contribution in [2.75, 3.05) is 18.1 Å². The Bertz CT molecular complexity index is 172. The molecule has 0 atom stereocenters. The van der Waals surface area contributed by atoms with Crippen LogP contribution in [-0.4, -0.2) is 17.2 Å². The first-order chi connectivity index (χ1) is 3.83. The minimum absolute atomic E-state index is 0.148. The SMILES string of the molecule is CNc1nc(N)no1. The highest BCUT2D eigenvalue weighted by Gasteiger charge is 1.95. The summed E-state index contributed by atoms with van der Waals surface area (Å²) in [6, 6.07) is 0.336. The van der Waals surface area contributed by atoms with Crippen LogP contribution < -0.4 is 11.1 Å². The number of hydrogen-bond donors (Lipinski definition) is 2. The van der Waals surface area contributed by atoms with Gasteiger partial charge in [0.2, 0.25) is 0 Å². The molecule has 44 valence electrons. The molecule has 1 heterocycles. The lowest BCUT2D eigenvalue weighted by Crippen LogP contribution is -1.88. The Kier molecular flexibility index (Phi) is 1.03. The van der Waals surface area contributed by atoms with Gasteiger partial charge in [0.05, 0.1) is 0 Å². The van der Waals surface area contributed by atoms with E-state index in [0.717, 1.165) is 0 Å². The molecule has 0 bridgehead atoms. The van der Waals surface area contributed by atoms with Crippen molar-refractivity contribution in [3.05, 3.63) is 0 Å². The van der Waals surface area contributed by atoms with E-state index in [-0.39, 0.29) is 5.95 Å². The number of nitrogens with zero attached hydrogens (tertiary/aromatic N) is 2. The molecule has 0 unspecified atom stereocenters. The molecular weight excluding hydrogens is 108 g/mol. The van der Waals surface area contributed by atoms with Crippen LogP contribution >= 0.6 is 0 Å². The molecule has 8 heavy (non-hydrogen) atoms. The smallest absolute Gasteiger partial charge is 0.322 e. The average Bonchev–Trinajstić information content (AvgIpc) is 2.14. The lowest BCUT2D eigenvalue weighted by molar-refractivity contribution is 0.435. The Morgan fingerprint density at radius 2 is 2.50 bits per heavy atom. The van der Waals surface area contributed by atoms with Crippen molar-refractivity contribution in [1.29, 1.82) is 0 Å². The predicted molar refractivity (Wildman–Crippen MR) is 28.3 cm³/mol. The van der Waals surface area contributed by atoms with Gasteiger partial charge in [0, 0.05) is 7.05 Å². The third kappa shape index (κ3) is 0.699. The van der Waals surface area contributed by atoms with E-state index in [1.165, 1.54) is 0 Å². The molecule has 1 aromatic rings. The van der Waals surface area contributed by atoms with Crippen LogP contribution in [0.5, 0.6) is 0 Å². The number of nitrogens with two attached hydrogens (primary N) is 1. The first kappa shape index (κ1) is 4.89. The summed E-state index contributed by atoms with van der Waals surface area (Å²) in [5.41, 5.74) is 5.10. The van der Waals surface area contributed by atoms with Crippen LogP contribution in [0.1, 0.15) is 0 Å². The molecule has 0 aliphatic carbocycles. The zero-order valence-electron chi connectivity index (χ0n) is 4.38. The highest BCUT2D eigenvalue weighted by atomic mass is 16.5. The lowest BCUT2D eigenvalue weighted by Gasteiger charge is -1.81. The Morgan fingerprint density at radius 3 is 2.75 bits per heavy atom. The fourth-order valence-corrected chi connectivity index (χ4v) is 0.336. The summed E-state index contributed by atoms with van der Waals surface area (Å²) in [7, 11) is 1.67. The van der Waals surface area contributed by atoms with Crippen molar-refractivity contribution in [3.8, 4) is 0 Å². The number of nitrogen functional groups attached to an aromatic ring is 1. The minimum Gasteiger partial charge on any atom is -0.365 e.